The van der Waals surface area contributed by atoms with Crippen LogP contribution in [0.25, 0.3) is 0 Å². The lowest BCUT2D eigenvalue weighted by Gasteiger charge is -2.31. The predicted molar refractivity (Wildman–Crippen MR) is 64.8 cm³/mol. The van der Waals surface area contributed by atoms with Crippen LogP contribution in [0.15, 0.2) is 12.1 Å². The van der Waals surface area contributed by atoms with Crippen LogP contribution in [0.2, 0.25) is 0 Å². The van der Waals surface area contributed by atoms with Crippen molar-refractivity contribution >= 4 is 17.7 Å². The van der Waals surface area contributed by atoms with E-state index in [9.17, 15) is 22.8 Å². The van der Waals surface area contributed by atoms with E-state index in [1.165, 1.54) is 20.9 Å². The first-order valence-electron chi connectivity index (χ1n) is 5.50. The Bertz CT molecular complexity index is 538. The number of benzene rings is 1. The van der Waals surface area contributed by atoms with E-state index in [1.807, 2.05) is 0 Å². The Morgan fingerprint density at radius 3 is 2.05 bits per heavy atom. The van der Waals surface area contributed by atoms with E-state index in [1.54, 1.807) is 0 Å². The molecule has 0 radical (unpaired) electrons. The fraction of sp³-hybridized carbons (Fsp3) is 0.333. The molecule has 0 heterocycles. The van der Waals surface area contributed by atoms with Crippen molar-refractivity contribution < 1.29 is 27.9 Å². The summed E-state index contributed by atoms with van der Waals surface area (Å²) in [6, 6.07) is 0.290. The first-order valence-corrected chi connectivity index (χ1v) is 5.50. The summed E-state index contributed by atoms with van der Waals surface area (Å²) in [7, 11) is 1.21. The molecule has 1 aromatic carbocycles. The Balaban J connectivity index is 2.94. The van der Waals surface area contributed by atoms with Crippen molar-refractivity contribution in [3.05, 3.63) is 29.6 Å². The highest BCUT2D eigenvalue weighted by molar-refractivity contribution is 5.93. The Labute approximate surface area is 113 Å². The number of urea groups is 1. The van der Waals surface area contributed by atoms with Crippen LogP contribution in [0.5, 0.6) is 0 Å². The lowest BCUT2D eigenvalue weighted by Crippen LogP contribution is -2.52. The zero-order valence-electron chi connectivity index (χ0n) is 11.0. The van der Waals surface area contributed by atoms with E-state index in [2.05, 4.69) is 5.32 Å². The van der Waals surface area contributed by atoms with Crippen LogP contribution in [0, 0.1) is 17.5 Å². The summed E-state index contributed by atoms with van der Waals surface area (Å²) in [6.07, 6.45) is 0. The van der Waals surface area contributed by atoms with Crippen molar-refractivity contribution in [1.29, 1.82) is 0 Å². The minimum Gasteiger partial charge on any atom is -0.480 e. The standard InChI is InChI=1S/C12H13F3N2O3/c1-12(2,10(18)19)17(3)11(20)16-6-4-7(13)9(15)8(14)5-6/h4-5H,1-3H3,(H,16,20)(H,18,19). The van der Waals surface area contributed by atoms with Crippen LogP contribution >= 0.6 is 0 Å². The van der Waals surface area contributed by atoms with Gasteiger partial charge in [0.15, 0.2) is 17.5 Å². The molecule has 1 rings (SSSR count). The molecule has 20 heavy (non-hydrogen) atoms. The molecule has 2 N–H and O–H groups in total. The molecule has 1 aromatic rings. The van der Waals surface area contributed by atoms with Gasteiger partial charge in [0.05, 0.1) is 0 Å². The van der Waals surface area contributed by atoms with Gasteiger partial charge in [0.1, 0.15) is 5.54 Å². The number of likely N-dealkylation sites (N-methyl/N-ethyl adjacent to an activating group) is 1. The summed E-state index contributed by atoms with van der Waals surface area (Å²) in [5.41, 5.74) is -1.85. The minimum atomic E-state index is -1.65. The molecule has 0 aromatic heterocycles. The summed E-state index contributed by atoms with van der Waals surface area (Å²) in [4.78, 5) is 23.6. The number of halogens is 3. The second-order valence-corrected chi connectivity index (χ2v) is 4.61. The van der Waals surface area contributed by atoms with Crippen molar-refractivity contribution in [3.63, 3.8) is 0 Å². The van der Waals surface area contributed by atoms with Gasteiger partial charge in [-0.15, -0.1) is 0 Å². The lowest BCUT2D eigenvalue weighted by molar-refractivity contribution is -0.146. The topological polar surface area (TPSA) is 69.6 Å². The van der Waals surface area contributed by atoms with E-state index in [4.69, 9.17) is 5.11 Å². The number of aliphatic carboxylic acids is 1. The van der Waals surface area contributed by atoms with Gasteiger partial charge in [-0.3, -0.25) is 0 Å². The number of anilines is 1. The third kappa shape index (κ3) is 3.01. The molecule has 110 valence electrons. The van der Waals surface area contributed by atoms with Crippen molar-refractivity contribution in [2.75, 3.05) is 12.4 Å². The Morgan fingerprint density at radius 1 is 1.20 bits per heavy atom. The van der Waals surface area contributed by atoms with E-state index in [0.29, 0.717) is 12.1 Å². The van der Waals surface area contributed by atoms with Gasteiger partial charge in [0.2, 0.25) is 0 Å². The van der Waals surface area contributed by atoms with Crippen molar-refractivity contribution in [3.8, 4) is 0 Å². The van der Waals surface area contributed by atoms with Crippen LogP contribution < -0.4 is 5.32 Å². The number of nitrogens with zero attached hydrogens (tertiary/aromatic N) is 1. The molecule has 0 aliphatic rings. The maximum absolute atomic E-state index is 13.0. The maximum Gasteiger partial charge on any atom is 0.329 e. The maximum atomic E-state index is 13.0. The van der Waals surface area contributed by atoms with Crippen LogP contribution in [0.1, 0.15) is 13.8 Å². The van der Waals surface area contributed by atoms with Gasteiger partial charge in [0, 0.05) is 24.9 Å². The molecule has 0 atom stereocenters. The van der Waals surface area contributed by atoms with E-state index in [-0.39, 0.29) is 5.69 Å². The third-order valence-electron chi connectivity index (χ3n) is 2.90. The lowest BCUT2D eigenvalue weighted by atomic mass is 10.1. The van der Waals surface area contributed by atoms with E-state index < -0.39 is 35.0 Å². The summed E-state index contributed by atoms with van der Waals surface area (Å²) >= 11 is 0. The fourth-order valence-electron chi connectivity index (χ4n) is 1.23. The number of carboxylic acid groups (broad SMARTS) is 1. The number of nitrogens with one attached hydrogen (secondary N) is 1. The first kappa shape index (κ1) is 15.8. The second kappa shape index (κ2) is 5.40. The highest BCUT2D eigenvalue weighted by Crippen LogP contribution is 2.19. The van der Waals surface area contributed by atoms with Crippen LogP contribution in [0.4, 0.5) is 23.7 Å². The van der Waals surface area contributed by atoms with Gasteiger partial charge >= 0.3 is 12.0 Å². The molecule has 0 spiro atoms. The molecular formula is C12H13F3N2O3. The number of rotatable bonds is 3. The quantitative estimate of drug-likeness (QED) is 0.840. The fourth-order valence-corrected chi connectivity index (χ4v) is 1.23. The highest BCUT2D eigenvalue weighted by atomic mass is 19.2. The number of hydrogen-bond acceptors (Lipinski definition) is 2. The highest BCUT2D eigenvalue weighted by Gasteiger charge is 2.35. The van der Waals surface area contributed by atoms with Gasteiger partial charge in [-0.05, 0) is 13.8 Å². The average molecular weight is 290 g/mol. The molecular weight excluding hydrogens is 277 g/mol. The van der Waals surface area contributed by atoms with E-state index >= 15 is 0 Å². The van der Waals surface area contributed by atoms with Crippen LogP contribution in [-0.4, -0.2) is 34.6 Å². The normalized spacial score (nSPS) is 11.1. The summed E-state index contributed by atoms with van der Waals surface area (Å²) < 4.78 is 38.7. The van der Waals surface area contributed by atoms with E-state index in [0.717, 1.165) is 4.90 Å². The Hall–Kier alpha value is -2.25. The Morgan fingerprint density at radius 2 is 1.65 bits per heavy atom. The van der Waals surface area contributed by atoms with Crippen LogP contribution in [-0.2, 0) is 4.79 Å². The molecule has 0 saturated carbocycles. The largest absolute Gasteiger partial charge is 0.480 e. The monoisotopic (exact) mass is 290 g/mol. The summed E-state index contributed by atoms with van der Waals surface area (Å²) in [5, 5.41) is 11.0. The van der Waals surface area contributed by atoms with Gasteiger partial charge in [0.25, 0.3) is 0 Å². The van der Waals surface area contributed by atoms with Crippen molar-refractivity contribution in [2.45, 2.75) is 19.4 Å². The molecule has 0 aliphatic carbocycles. The zero-order chi connectivity index (χ0) is 15.7. The van der Waals surface area contributed by atoms with Gasteiger partial charge in [-0.25, -0.2) is 22.8 Å². The van der Waals surface area contributed by atoms with Gasteiger partial charge in [-0.2, -0.15) is 0 Å². The van der Waals surface area contributed by atoms with Gasteiger partial charge in [-0.1, -0.05) is 0 Å². The molecule has 2 amide bonds. The molecule has 0 fully saturated rings. The van der Waals surface area contributed by atoms with Gasteiger partial charge < -0.3 is 15.3 Å². The van der Waals surface area contributed by atoms with Crippen molar-refractivity contribution in [1.82, 2.24) is 4.90 Å². The number of carbonyl (C=O) groups excluding carboxylic acids is 1. The smallest absolute Gasteiger partial charge is 0.329 e. The number of carbonyl (C=O) groups is 2. The van der Waals surface area contributed by atoms with Crippen LogP contribution in [0.3, 0.4) is 0 Å². The second-order valence-electron chi connectivity index (χ2n) is 4.61. The molecule has 0 saturated heterocycles. The molecule has 0 aliphatic heterocycles. The first-order chi connectivity index (χ1) is 9.07. The number of carboxylic acids is 1. The summed E-state index contributed by atoms with van der Waals surface area (Å²) in [5.74, 6) is -5.82. The number of hydrogen-bond donors (Lipinski definition) is 2. The molecule has 5 nitrogen and oxygen atoms in total. The molecule has 0 unspecified atom stereocenters. The molecule has 0 bridgehead atoms. The molecule has 8 heteroatoms. The predicted octanol–water partition coefficient (Wildman–Crippen LogP) is 2.43. The third-order valence-corrected chi connectivity index (χ3v) is 2.90. The minimum absolute atomic E-state index is 0.320. The van der Waals surface area contributed by atoms with Crippen molar-refractivity contribution in [2.24, 2.45) is 0 Å². The average Bonchev–Trinajstić information content (AvgIpc) is 2.34. The Kier molecular flexibility index (Phi) is 4.26. The number of amides is 2. The summed E-state index contributed by atoms with van der Waals surface area (Å²) in [6.45, 7) is 2.56. The zero-order valence-corrected chi connectivity index (χ0v) is 11.0. The SMILES string of the molecule is CN(C(=O)Nc1cc(F)c(F)c(F)c1)C(C)(C)C(=O)O.